The van der Waals surface area contributed by atoms with Gasteiger partial charge < -0.3 is 9.47 Å². The van der Waals surface area contributed by atoms with E-state index in [0.29, 0.717) is 17.9 Å². The predicted molar refractivity (Wildman–Crippen MR) is 87.3 cm³/mol. The van der Waals surface area contributed by atoms with Gasteiger partial charge in [-0.1, -0.05) is 18.2 Å². The Balaban J connectivity index is 1.47. The smallest absolute Gasteiger partial charge is 0.279 e. The molecule has 1 aliphatic rings. The number of rotatable bonds is 4. The molecule has 2 N–H and O–H groups in total. The van der Waals surface area contributed by atoms with Crippen LogP contribution in [0.2, 0.25) is 0 Å². The molecule has 2 atom stereocenters. The van der Waals surface area contributed by atoms with Crippen LogP contribution < -0.4 is 20.3 Å². The molecule has 2 amide bonds. The predicted octanol–water partition coefficient (Wildman–Crippen LogP) is 1.74. The molecule has 0 unspecified atom stereocenters. The average molecular weight is 344 g/mol. The molecule has 0 aromatic heterocycles. The molecule has 0 fully saturated rings. The lowest BCUT2D eigenvalue weighted by molar-refractivity contribution is -0.135. The summed E-state index contributed by atoms with van der Waals surface area (Å²) in [4.78, 5) is 24.1. The highest BCUT2D eigenvalue weighted by atomic mass is 19.1. The Hall–Kier alpha value is -3.09. The zero-order valence-corrected chi connectivity index (χ0v) is 13.5. The zero-order chi connectivity index (χ0) is 17.8. The van der Waals surface area contributed by atoms with Crippen molar-refractivity contribution in [1.82, 2.24) is 10.9 Å². The number of amides is 2. The van der Waals surface area contributed by atoms with Gasteiger partial charge in [0.2, 0.25) is 0 Å². The molecule has 0 spiro atoms. The molecule has 7 heteroatoms. The van der Waals surface area contributed by atoms with Gasteiger partial charge in [0.1, 0.15) is 17.3 Å². The lowest BCUT2D eigenvalue weighted by Gasteiger charge is -2.16. The quantitative estimate of drug-likeness (QED) is 0.829. The summed E-state index contributed by atoms with van der Waals surface area (Å²) in [5, 5.41) is 0. The van der Waals surface area contributed by atoms with Crippen LogP contribution >= 0.6 is 0 Å². The Morgan fingerprint density at radius 2 is 1.88 bits per heavy atom. The minimum Gasteiger partial charge on any atom is -0.481 e. The number of hydrazine groups is 1. The van der Waals surface area contributed by atoms with E-state index in [0.717, 1.165) is 5.56 Å². The van der Waals surface area contributed by atoms with Crippen LogP contribution in [-0.4, -0.2) is 24.0 Å². The lowest BCUT2D eigenvalue weighted by Crippen LogP contribution is -2.51. The fraction of sp³-hybridized carbons (Fsp3) is 0.222. The summed E-state index contributed by atoms with van der Waals surface area (Å²) in [6, 6.07) is 12.7. The van der Waals surface area contributed by atoms with Crippen LogP contribution in [0.5, 0.6) is 11.5 Å². The van der Waals surface area contributed by atoms with Gasteiger partial charge in [-0.15, -0.1) is 0 Å². The van der Waals surface area contributed by atoms with Gasteiger partial charge in [-0.3, -0.25) is 20.4 Å². The van der Waals surface area contributed by atoms with Crippen molar-refractivity contribution in [2.75, 3.05) is 0 Å². The van der Waals surface area contributed by atoms with E-state index < -0.39 is 29.8 Å². The number of hydrogen-bond donors (Lipinski definition) is 2. The van der Waals surface area contributed by atoms with Crippen molar-refractivity contribution >= 4 is 11.8 Å². The van der Waals surface area contributed by atoms with Gasteiger partial charge in [0.25, 0.3) is 11.8 Å². The first-order chi connectivity index (χ1) is 12.0. The number of para-hydroxylation sites is 1. The molecule has 130 valence electrons. The second-order valence-electron chi connectivity index (χ2n) is 5.61. The number of nitrogens with one attached hydrogen (secondary N) is 2. The summed E-state index contributed by atoms with van der Waals surface area (Å²) in [6.45, 7) is 1.52. The van der Waals surface area contributed by atoms with E-state index in [9.17, 15) is 14.0 Å². The van der Waals surface area contributed by atoms with Crippen molar-refractivity contribution < 1.29 is 23.5 Å². The van der Waals surface area contributed by atoms with E-state index in [1.165, 1.54) is 31.2 Å². The highest BCUT2D eigenvalue weighted by Crippen LogP contribution is 2.27. The number of fused-ring (bicyclic) bond motifs is 1. The van der Waals surface area contributed by atoms with Crippen molar-refractivity contribution in [2.45, 2.75) is 25.6 Å². The second-order valence-corrected chi connectivity index (χ2v) is 5.61. The molecule has 0 aliphatic carbocycles. The summed E-state index contributed by atoms with van der Waals surface area (Å²) in [5.74, 6) is -0.354. The molecule has 6 nitrogen and oxygen atoms in total. The highest BCUT2D eigenvalue weighted by Gasteiger charge is 2.29. The van der Waals surface area contributed by atoms with Gasteiger partial charge in [-0.25, -0.2) is 4.39 Å². The molecule has 0 saturated carbocycles. The van der Waals surface area contributed by atoms with Crippen molar-refractivity contribution in [2.24, 2.45) is 0 Å². The van der Waals surface area contributed by atoms with Crippen LogP contribution in [0.25, 0.3) is 0 Å². The Morgan fingerprint density at radius 1 is 1.16 bits per heavy atom. The number of carbonyl (C=O) groups is 2. The van der Waals surface area contributed by atoms with E-state index in [1.54, 1.807) is 6.07 Å². The molecule has 0 bridgehead atoms. The fourth-order valence-corrected chi connectivity index (χ4v) is 2.40. The largest absolute Gasteiger partial charge is 0.481 e. The third kappa shape index (κ3) is 4.06. The highest BCUT2D eigenvalue weighted by molar-refractivity contribution is 5.87. The number of ether oxygens (including phenoxy) is 2. The summed E-state index contributed by atoms with van der Waals surface area (Å²) in [6.07, 6.45) is -1.11. The number of halogens is 1. The van der Waals surface area contributed by atoms with Crippen LogP contribution in [0.1, 0.15) is 12.5 Å². The second kappa shape index (κ2) is 7.21. The SMILES string of the molecule is C[C@H](Oc1ccc(F)cc1)C(=O)NNC(=O)[C@@H]1Cc2ccccc2O1. The monoisotopic (exact) mass is 344 g/mol. The summed E-state index contributed by atoms with van der Waals surface area (Å²) in [5.41, 5.74) is 5.58. The van der Waals surface area contributed by atoms with Gasteiger partial charge in [-0.2, -0.15) is 0 Å². The minimum atomic E-state index is -0.868. The Morgan fingerprint density at radius 3 is 2.60 bits per heavy atom. The third-order valence-electron chi connectivity index (χ3n) is 3.74. The average Bonchev–Trinajstić information content (AvgIpc) is 3.05. The standard InChI is InChI=1S/C18H17FN2O4/c1-11(24-14-8-6-13(19)7-9-14)17(22)20-21-18(23)16-10-12-4-2-3-5-15(12)25-16/h2-9,11,16H,10H2,1H3,(H,20,22)(H,21,23)/t11-,16-/m0/s1. The molecule has 1 heterocycles. The van der Waals surface area contributed by atoms with E-state index in [4.69, 9.17) is 9.47 Å². The molecule has 2 aromatic rings. The van der Waals surface area contributed by atoms with E-state index in [1.807, 2.05) is 18.2 Å². The van der Waals surface area contributed by atoms with E-state index in [2.05, 4.69) is 10.9 Å². The van der Waals surface area contributed by atoms with Gasteiger partial charge in [0.15, 0.2) is 12.2 Å². The summed E-state index contributed by atoms with van der Waals surface area (Å²) >= 11 is 0. The van der Waals surface area contributed by atoms with Gasteiger partial charge >= 0.3 is 0 Å². The number of benzene rings is 2. The topological polar surface area (TPSA) is 76.7 Å². The summed E-state index contributed by atoms with van der Waals surface area (Å²) < 4.78 is 23.8. The maximum Gasteiger partial charge on any atom is 0.279 e. The molecular formula is C18H17FN2O4. The molecule has 25 heavy (non-hydrogen) atoms. The Bertz CT molecular complexity index is 754. The number of hydrogen-bond acceptors (Lipinski definition) is 4. The van der Waals surface area contributed by atoms with Crippen LogP contribution in [-0.2, 0) is 16.0 Å². The first-order valence-corrected chi connectivity index (χ1v) is 7.79. The van der Waals surface area contributed by atoms with Gasteiger partial charge in [0.05, 0.1) is 0 Å². The Labute approximate surface area is 143 Å². The minimum absolute atomic E-state index is 0.352. The van der Waals surface area contributed by atoms with Crippen molar-refractivity contribution in [3.63, 3.8) is 0 Å². The molecular weight excluding hydrogens is 327 g/mol. The third-order valence-corrected chi connectivity index (χ3v) is 3.74. The van der Waals surface area contributed by atoms with Crippen LogP contribution in [0.3, 0.4) is 0 Å². The maximum atomic E-state index is 12.8. The maximum absolute atomic E-state index is 12.8. The zero-order valence-electron chi connectivity index (χ0n) is 13.5. The first kappa shape index (κ1) is 16.8. The van der Waals surface area contributed by atoms with Crippen LogP contribution in [0.15, 0.2) is 48.5 Å². The van der Waals surface area contributed by atoms with Crippen LogP contribution in [0.4, 0.5) is 4.39 Å². The van der Waals surface area contributed by atoms with Gasteiger partial charge in [0, 0.05) is 6.42 Å². The van der Waals surface area contributed by atoms with E-state index >= 15 is 0 Å². The fourth-order valence-electron chi connectivity index (χ4n) is 2.40. The van der Waals surface area contributed by atoms with E-state index in [-0.39, 0.29) is 0 Å². The molecule has 1 aliphatic heterocycles. The normalized spacial score (nSPS) is 16.3. The summed E-state index contributed by atoms with van der Waals surface area (Å²) in [7, 11) is 0. The Kier molecular flexibility index (Phi) is 4.83. The molecule has 3 rings (SSSR count). The first-order valence-electron chi connectivity index (χ1n) is 7.79. The van der Waals surface area contributed by atoms with Crippen molar-refractivity contribution in [3.8, 4) is 11.5 Å². The molecule has 0 radical (unpaired) electrons. The van der Waals surface area contributed by atoms with Gasteiger partial charge in [-0.05, 0) is 42.8 Å². The molecule has 0 saturated heterocycles. The van der Waals surface area contributed by atoms with Crippen molar-refractivity contribution in [1.29, 1.82) is 0 Å². The van der Waals surface area contributed by atoms with Crippen molar-refractivity contribution in [3.05, 3.63) is 59.9 Å². The lowest BCUT2D eigenvalue weighted by atomic mass is 10.1. The molecule has 2 aromatic carbocycles. The van der Waals surface area contributed by atoms with Crippen LogP contribution in [0, 0.1) is 5.82 Å². The number of carbonyl (C=O) groups excluding carboxylic acids is 2.